The first-order valence-electron chi connectivity index (χ1n) is 7.04. The predicted molar refractivity (Wildman–Crippen MR) is 77.6 cm³/mol. The van der Waals surface area contributed by atoms with E-state index in [1.54, 1.807) is 7.11 Å². The summed E-state index contributed by atoms with van der Waals surface area (Å²) in [6.45, 7) is 2.92. The molecule has 3 N–H and O–H groups in total. The van der Waals surface area contributed by atoms with E-state index in [-0.39, 0.29) is 0 Å². The molecule has 1 aliphatic rings. The van der Waals surface area contributed by atoms with Crippen LogP contribution in [0.2, 0.25) is 0 Å². The minimum Gasteiger partial charge on any atom is -0.495 e. The Balaban J connectivity index is 1.63. The van der Waals surface area contributed by atoms with Crippen molar-refractivity contribution in [2.75, 3.05) is 32.5 Å². The van der Waals surface area contributed by atoms with Crippen LogP contribution in [0.1, 0.15) is 24.8 Å². The van der Waals surface area contributed by atoms with Crippen LogP contribution in [0.25, 0.3) is 0 Å². The number of hydrogen-bond acceptors (Lipinski definition) is 4. The van der Waals surface area contributed by atoms with Gasteiger partial charge in [-0.05, 0) is 49.9 Å². The lowest BCUT2D eigenvalue weighted by molar-refractivity contribution is 0.110. The zero-order valence-corrected chi connectivity index (χ0v) is 11.7. The van der Waals surface area contributed by atoms with Gasteiger partial charge in [0.15, 0.2) is 0 Å². The second kappa shape index (κ2) is 7.36. The fourth-order valence-electron chi connectivity index (χ4n) is 2.43. The van der Waals surface area contributed by atoms with Crippen LogP contribution in [0.5, 0.6) is 5.75 Å². The summed E-state index contributed by atoms with van der Waals surface area (Å²) in [6, 6.07) is 6.01. The van der Waals surface area contributed by atoms with Crippen molar-refractivity contribution in [3.63, 3.8) is 0 Å². The molecule has 0 aromatic heterocycles. The number of nitrogens with two attached hydrogens (primary N) is 1. The number of rotatable bonds is 7. The largest absolute Gasteiger partial charge is 0.495 e. The Morgan fingerprint density at radius 3 is 3.05 bits per heavy atom. The summed E-state index contributed by atoms with van der Waals surface area (Å²) in [5, 5.41) is 3.45. The van der Waals surface area contributed by atoms with Gasteiger partial charge in [-0.1, -0.05) is 6.07 Å². The van der Waals surface area contributed by atoms with E-state index in [0.717, 1.165) is 38.3 Å². The minimum atomic E-state index is 0.427. The highest BCUT2D eigenvalue weighted by atomic mass is 16.5. The molecule has 0 saturated carbocycles. The molecule has 0 bridgehead atoms. The SMILES string of the molecule is COc1ccc(CCCNCC2CCCO2)cc1N. The minimum absolute atomic E-state index is 0.427. The average Bonchev–Trinajstić information content (AvgIpc) is 2.92. The first-order valence-corrected chi connectivity index (χ1v) is 7.04. The van der Waals surface area contributed by atoms with Gasteiger partial charge in [-0.15, -0.1) is 0 Å². The molecular formula is C15H24N2O2. The van der Waals surface area contributed by atoms with Gasteiger partial charge >= 0.3 is 0 Å². The quantitative estimate of drug-likeness (QED) is 0.584. The molecule has 106 valence electrons. The van der Waals surface area contributed by atoms with Crippen LogP contribution in [0.15, 0.2) is 18.2 Å². The van der Waals surface area contributed by atoms with Crippen LogP contribution in [-0.4, -0.2) is 32.9 Å². The summed E-state index contributed by atoms with van der Waals surface area (Å²) in [4.78, 5) is 0. The van der Waals surface area contributed by atoms with Crippen molar-refractivity contribution >= 4 is 5.69 Å². The molecule has 19 heavy (non-hydrogen) atoms. The number of aryl methyl sites for hydroxylation is 1. The number of benzene rings is 1. The number of anilines is 1. The molecule has 4 nitrogen and oxygen atoms in total. The van der Waals surface area contributed by atoms with Crippen LogP contribution in [0.4, 0.5) is 5.69 Å². The second-order valence-corrected chi connectivity index (χ2v) is 5.02. The molecule has 1 aliphatic heterocycles. The van der Waals surface area contributed by atoms with Gasteiger partial charge in [0.25, 0.3) is 0 Å². The zero-order chi connectivity index (χ0) is 13.5. The molecule has 1 saturated heterocycles. The molecule has 0 amide bonds. The average molecular weight is 264 g/mol. The van der Waals surface area contributed by atoms with E-state index in [1.807, 2.05) is 12.1 Å². The molecule has 0 spiro atoms. The summed E-state index contributed by atoms with van der Waals surface area (Å²) >= 11 is 0. The Morgan fingerprint density at radius 2 is 2.37 bits per heavy atom. The van der Waals surface area contributed by atoms with Crippen molar-refractivity contribution in [1.29, 1.82) is 0 Å². The molecular weight excluding hydrogens is 240 g/mol. The molecule has 1 aromatic rings. The van der Waals surface area contributed by atoms with E-state index in [0.29, 0.717) is 11.8 Å². The number of hydrogen-bond donors (Lipinski definition) is 2. The van der Waals surface area contributed by atoms with E-state index < -0.39 is 0 Å². The molecule has 2 rings (SSSR count). The molecule has 4 heteroatoms. The van der Waals surface area contributed by atoms with Crippen molar-refractivity contribution in [3.8, 4) is 5.75 Å². The molecule has 1 atom stereocenters. The van der Waals surface area contributed by atoms with Gasteiger partial charge in [-0.3, -0.25) is 0 Å². The van der Waals surface area contributed by atoms with Gasteiger partial charge in [0, 0.05) is 13.2 Å². The summed E-state index contributed by atoms with van der Waals surface area (Å²) in [5.74, 6) is 0.750. The molecule has 0 radical (unpaired) electrons. The van der Waals surface area contributed by atoms with Gasteiger partial charge in [0.2, 0.25) is 0 Å². The number of nitrogens with one attached hydrogen (secondary N) is 1. The van der Waals surface area contributed by atoms with Gasteiger partial charge in [-0.25, -0.2) is 0 Å². The van der Waals surface area contributed by atoms with E-state index in [9.17, 15) is 0 Å². The van der Waals surface area contributed by atoms with Crippen LogP contribution in [-0.2, 0) is 11.2 Å². The number of nitrogen functional groups attached to an aromatic ring is 1. The van der Waals surface area contributed by atoms with Crippen molar-refractivity contribution in [1.82, 2.24) is 5.32 Å². The first-order chi connectivity index (χ1) is 9.29. The lowest BCUT2D eigenvalue weighted by atomic mass is 10.1. The lowest BCUT2D eigenvalue weighted by Gasteiger charge is -2.11. The third kappa shape index (κ3) is 4.40. The van der Waals surface area contributed by atoms with E-state index in [4.69, 9.17) is 15.2 Å². The van der Waals surface area contributed by atoms with Crippen molar-refractivity contribution in [2.24, 2.45) is 0 Å². The van der Waals surface area contributed by atoms with E-state index in [1.165, 1.54) is 18.4 Å². The fraction of sp³-hybridized carbons (Fsp3) is 0.600. The summed E-state index contributed by atoms with van der Waals surface area (Å²) in [7, 11) is 1.64. The van der Waals surface area contributed by atoms with Crippen LogP contribution in [0, 0.1) is 0 Å². The monoisotopic (exact) mass is 264 g/mol. The second-order valence-electron chi connectivity index (χ2n) is 5.02. The Labute approximate surface area is 115 Å². The first kappa shape index (κ1) is 14.2. The fourth-order valence-corrected chi connectivity index (χ4v) is 2.43. The highest BCUT2D eigenvalue weighted by Gasteiger charge is 2.14. The number of ether oxygens (including phenoxy) is 2. The summed E-state index contributed by atoms with van der Waals surface area (Å²) in [5.41, 5.74) is 7.86. The smallest absolute Gasteiger partial charge is 0.141 e. The van der Waals surface area contributed by atoms with Crippen LogP contribution >= 0.6 is 0 Å². The molecule has 1 unspecified atom stereocenters. The van der Waals surface area contributed by atoms with E-state index in [2.05, 4.69) is 11.4 Å². The van der Waals surface area contributed by atoms with Crippen LogP contribution < -0.4 is 15.8 Å². The van der Waals surface area contributed by atoms with Gasteiger partial charge in [0.1, 0.15) is 5.75 Å². The van der Waals surface area contributed by atoms with Crippen molar-refractivity contribution in [3.05, 3.63) is 23.8 Å². The maximum absolute atomic E-state index is 5.89. The standard InChI is InChI=1S/C15H24N2O2/c1-18-15-7-6-12(10-14(15)16)4-2-8-17-11-13-5-3-9-19-13/h6-7,10,13,17H,2-5,8-9,11,16H2,1H3. The van der Waals surface area contributed by atoms with Crippen molar-refractivity contribution < 1.29 is 9.47 Å². The molecule has 1 fully saturated rings. The zero-order valence-electron chi connectivity index (χ0n) is 11.7. The van der Waals surface area contributed by atoms with Gasteiger partial charge < -0.3 is 20.5 Å². The van der Waals surface area contributed by atoms with Crippen molar-refractivity contribution in [2.45, 2.75) is 31.8 Å². The van der Waals surface area contributed by atoms with Gasteiger partial charge in [-0.2, -0.15) is 0 Å². The Bertz CT molecular complexity index is 390. The topological polar surface area (TPSA) is 56.5 Å². The van der Waals surface area contributed by atoms with Gasteiger partial charge in [0.05, 0.1) is 18.9 Å². The Hall–Kier alpha value is -1.26. The van der Waals surface area contributed by atoms with Crippen LogP contribution in [0.3, 0.4) is 0 Å². The number of methoxy groups -OCH3 is 1. The maximum Gasteiger partial charge on any atom is 0.141 e. The molecule has 1 aromatic carbocycles. The highest BCUT2D eigenvalue weighted by Crippen LogP contribution is 2.22. The van der Waals surface area contributed by atoms with E-state index >= 15 is 0 Å². The molecule has 0 aliphatic carbocycles. The predicted octanol–water partition coefficient (Wildman–Crippen LogP) is 1.98. The highest BCUT2D eigenvalue weighted by molar-refractivity contribution is 5.54. The maximum atomic E-state index is 5.89. The third-order valence-electron chi connectivity index (χ3n) is 3.51. The summed E-state index contributed by atoms with van der Waals surface area (Å²) in [6.07, 6.45) is 4.97. The third-order valence-corrected chi connectivity index (χ3v) is 3.51. The Morgan fingerprint density at radius 1 is 1.47 bits per heavy atom. The summed E-state index contributed by atoms with van der Waals surface area (Å²) < 4.78 is 10.7. The lowest BCUT2D eigenvalue weighted by Crippen LogP contribution is -2.27. The molecule has 1 heterocycles. The normalized spacial score (nSPS) is 18.7. The Kier molecular flexibility index (Phi) is 5.48.